The molecule has 3 heteroatoms. The smallest absolute Gasteiger partial charge is 0.160 e. The van der Waals surface area contributed by atoms with E-state index in [1.54, 1.807) is 0 Å². The molecule has 2 heterocycles. The second kappa shape index (κ2) is 15.0. The summed E-state index contributed by atoms with van der Waals surface area (Å²) in [5, 5.41) is 2.32. The molecule has 11 aromatic rings. The highest BCUT2D eigenvalue weighted by molar-refractivity contribution is 6.12. The van der Waals surface area contributed by atoms with E-state index < -0.39 is 0 Å². The van der Waals surface area contributed by atoms with E-state index in [9.17, 15) is 0 Å². The van der Waals surface area contributed by atoms with Crippen LogP contribution >= 0.6 is 0 Å². The Hall–Kier alpha value is -8.14. The van der Waals surface area contributed by atoms with Crippen molar-refractivity contribution < 1.29 is 0 Å². The van der Waals surface area contributed by atoms with Gasteiger partial charge in [0, 0.05) is 38.6 Å². The van der Waals surface area contributed by atoms with E-state index in [-0.39, 0.29) is 5.41 Å². The molecule has 0 unspecified atom stereocenters. The molecule has 0 saturated carbocycles. The van der Waals surface area contributed by atoms with Crippen LogP contribution in [0.2, 0.25) is 0 Å². The topological polar surface area (TPSA) is 30.7 Å². The van der Waals surface area contributed by atoms with Crippen molar-refractivity contribution in [3.63, 3.8) is 0 Å². The first-order valence-electron chi connectivity index (χ1n) is 22.1. The van der Waals surface area contributed by atoms with Crippen LogP contribution in [0.25, 0.3) is 106 Å². The summed E-state index contributed by atoms with van der Waals surface area (Å²) in [6.45, 7) is 4.70. The van der Waals surface area contributed by atoms with Crippen molar-refractivity contribution in [1.29, 1.82) is 0 Å². The molecular formula is C61H43N3. The number of rotatable bonds is 7. The Balaban J connectivity index is 1.09. The molecule has 0 bridgehead atoms. The summed E-state index contributed by atoms with van der Waals surface area (Å²) in [6, 6.07) is 81.0. The monoisotopic (exact) mass is 817 g/mol. The fourth-order valence-electron chi connectivity index (χ4n) is 9.93. The van der Waals surface area contributed by atoms with Crippen molar-refractivity contribution in [2.45, 2.75) is 19.3 Å². The Labute approximate surface area is 373 Å². The highest BCUT2D eigenvalue weighted by atomic mass is 15.0. The van der Waals surface area contributed by atoms with Crippen LogP contribution in [0.3, 0.4) is 0 Å². The Morgan fingerprint density at radius 1 is 0.328 bits per heavy atom. The molecule has 0 N–H and O–H groups in total. The maximum Gasteiger partial charge on any atom is 0.160 e. The van der Waals surface area contributed by atoms with Crippen molar-refractivity contribution >= 4 is 21.8 Å². The molecule has 9 aromatic carbocycles. The number of fused-ring (bicyclic) bond motifs is 6. The van der Waals surface area contributed by atoms with Crippen LogP contribution in [0.5, 0.6) is 0 Å². The zero-order valence-electron chi connectivity index (χ0n) is 35.7. The Morgan fingerprint density at radius 3 is 1.36 bits per heavy atom. The Morgan fingerprint density at radius 2 is 0.781 bits per heavy atom. The third-order valence-electron chi connectivity index (χ3n) is 13.2. The van der Waals surface area contributed by atoms with Gasteiger partial charge in [-0.15, -0.1) is 0 Å². The molecule has 0 atom stereocenters. The summed E-state index contributed by atoms with van der Waals surface area (Å²) < 4.78 is 2.44. The summed E-state index contributed by atoms with van der Waals surface area (Å²) in [4.78, 5) is 10.5. The average molecular weight is 818 g/mol. The minimum Gasteiger partial charge on any atom is -0.309 e. The highest BCUT2D eigenvalue weighted by Crippen LogP contribution is 2.50. The molecule has 3 nitrogen and oxygen atoms in total. The third-order valence-corrected chi connectivity index (χ3v) is 13.2. The lowest BCUT2D eigenvalue weighted by Gasteiger charge is -2.22. The van der Waals surface area contributed by atoms with E-state index in [0.717, 1.165) is 50.2 Å². The van der Waals surface area contributed by atoms with Crippen LogP contribution in [0, 0.1) is 0 Å². The number of nitrogens with zero attached hydrogens (tertiary/aromatic N) is 3. The van der Waals surface area contributed by atoms with Crippen molar-refractivity contribution in [3.8, 4) is 84.1 Å². The lowest BCUT2D eigenvalue weighted by Crippen LogP contribution is -2.14. The van der Waals surface area contributed by atoms with Gasteiger partial charge in [0.05, 0.1) is 22.4 Å². The SMILES string of the molecule is CC1(C)c2ccccc2-c2ccc(-c3ccc4c(c3)c3cc(-c5nc(-c6ccccc6)cc(-c6ccccc6)n5)ccc3n4-c3cc(-c4ccccc4)cc(-c4ccccc4)c3)cc21. The van der Waals surface area contributed by atoms with E-state index in [1.807, 2.05) is 12.1 Å². The van der Waals surface area contributed by atoms with Crippen LogP contribution in [-0.2, 0) is 5.41 Å². The van der Waals surface area contributed by atoms with E-state index in [2.05, 4.69) is 231 Å². The van der Waals surface area contributed by atoms with Gasteiger partial charge in [-0.25, -0.2) is 9.97 Å². The van der Waals surface area contributed by atoms with Crippen molar-refractivity contribution in [2.75, 3.05) is 0 Å². The van der Waals surface area contributed by atoms with Crippen LogP contribution in [0.15, 0.2) is 224 Å². The zero-order chi connectivity index (χ0) is 42.8. The van der Waals surface area contributed by atoms with Gasteiger partial charge in [0.15, 0.2) is 5.82 Å². The molecule has 2 aromatic heterocycles. The first-order valence-corrected chi connectivity index (χ1v) is 22.1. The second-order valence-corrected chi connectivity index (χ2v) is 17.4. The van der Waals surface area contributed by atoms with E-state index in [4.69, 9.17) is 9.97 Å². The summed E-state index contributed by atoms with van der Waals surface area (Å²) in [7, 11) is 0. The highest BCUT2D eigenvalue weighted by Gasteiger charge is 2.35. The first kappa shape index (κ1) is 37.6. The maximum absolute atomic E-state index is 5.25. The molecule has 302 valence electrons. The van der Waals surface area contributed by atoms with Crippen LogP contribution in [0.1, 0.15) is 25.0 Å². The minimum atomic E-state index is -0.0932. The first-order chi connectivity index (χ1) is 31.5. The van der Waals surface area contributed by atoms with Gasteiger partial charge in [-0.05, 0) is 116 Å². The fraction of sp³-hybridized carbons (Fsp3) is 0.0492. The molecule has 0 amide bonds. The van der Waals surface area contributed by atoms with Crippen molar-refractivity contribution in [1.82, 2.24) is 14.5 Å². The number of benzene rings is 9. The molecule has 0 fully saturated rings. The molecule has 0 saturated heterocycles. The third kappa shape index (κ3) is 6.36. The van der Waals surface area contributed by atoms with Crippen molar-refractivity contribution in [2.24, 2.45) is 0 Å². The molecule has 12 rings (SSSR count). The summed E-state index contributed by atoms with van der Waals surface area (Å²) in [5.74, 6) is 0.692. The predicted molar refractivity (Wildman–Crippen MR) is 267 cm³/mol. The largest absolute Gasteiger partial charge is 0.309 e. The summed E-state index contributed by atoms with van der Waals surface area (Å²) >= 11 is 0. The average Bonchev–Trinajstić information content (AvgIpc) is 3.81. The quantitative estimate of drug-likeness (QED) is 0.160. The molecule has 0 spiro atoms. The lowest BCUT2D eigenvalue weighted by molar-refractivity contribution is 0.660. The zero-order valence-corrected chi connectivity index (χ0v) is 35.7. The molecule has 1 aliphatic rings. The van der Waals surface area contributed by atoms with Gasteiger partial charge in [-0.2, -0.15) is 0 Å². The molecular weight excluding hydrogens is 775 g/mol. The lowest BCUT2D eigenvalue weighted by atomic mass is 9.81. The molecule has 0 radical (unpaired) electrons. The Kier molecular flexibility index (Phi) is 8.84. The normalized spacial score (nSPS) is 12.7. The van der Waals surface area contributed by atoms with Crippen LogP contribution in [-0.4, -0.2) is 14.5 Å². The number of hydrogen-bond acceptors (Lipinski definition) is 2. The van der Waals surface area contributed by atoms with E-state index >= 15 is 0 Å². The molecule has 64 heavy (non-hydrogen) atoms. The fourth-order valence-corrected chi connectivity index (χ4v) is 9.93. The van der Waals surface area contributed by atoms with Gasteiger partial charge in [-0.1, -0.05) is 178 Å². The number of aromatic nitrogens is 3. The van der Waals surface area contributed by atoms with Crippen LogP contribution in [0.4, 0.5) is 0 Å². The predicted octanol–water partition coefficient (Wildman–Crippen LogP) is 15.9. The van der Waals surface area contributed by atoms with Gasteiger partial charge in [0.25, 0.3) is 0 Å². The van der Waals surface area contributed by atoms with Crippen molar-refractivity contribution in [3.05, 3.63) is 236 Å². The van der Waals surface area contributed by atoms with E-state index in [0.29, 0.717) is 5.82 Å². The summed E-state index contributed by atoms with van der Waals surface area (Å²) in [5.41, 5.74) is 20.6. The molecule has 1 aliphatic carbocycles. The Bertz CT molecular complexity index is 3440. The van der Waals surface area contributed by atoms with Gasteiger partial charge in [-0.3, -0.25) is 0 Å². The van der Waals surface area contributed by atoms with Crippen LogP contribution < -0.4 is 0 Å². The molecule has 0 aliphatic heterocycles. The van der Waals surface area contributed by atoms with Gasteiger partial charge in [0.1, 0.15) is 0 Å². The van der Waals surface area contributed by atoms with E-state index in [1.165, 1.54) is 61.0 Å². The van der Waals surface area contributed by atoms with Gasteiger partial charge in [0.2, 0.25) is 0 Å². The number of hydrogen-bond donors (Lipinski definition) is 0. The standard InChI is InChI=1S/C61H43N3/c1-61(2)54-26-16-15-25-50(54)51-30-27-45(38-55(51)61)44-28-31-58-52(36-44)53-37-46(60-62-56(42-21-11-5-12-22-42)39-57(63-60)43-23-13-6-14-24-43)29-32-59(53)64(58)49-34-47(40-17-7-3-8-18-40)33-48(35-49)41-19-9-4-10-20-41/h3-39H,1-2H3. The maximum atomic E-state index is 5.25. The van der Waals surface area contributed by atoms with Gasteiger partial charge >= 0.3 is 0 Å². The minimum absolute atomic E-state index is 0.0932. The second-order valence-electron chi connectivity index (χ2n) is 17.4. The van der Waals surface area contributed by atoms with Gasteiger partial charge < -0.3 is 4.57 Å². The summed E-state index contributed by atoms with van der Waals surface area (Å²) in [6.07, 6.45) is 0.